The Morgan fingerprint density at radius 1 is 1.26 bits per heavy atom. The number of amides is 1. The molecule has 0 spiro atoms. The first kappa shape index (κ1) is 18.1. The van der Waals surface area contributed by atoms with E-state index in [9.17, 15) is 18.7 Å². The number of rotatable bonds is 2. The van der Waals surface area contributed by atoms with Gasteiger partial charge in [0, 0.05) is 36.6 Å². The van der Waals surface area contributed by atoms with Crippen molar-refractivity contribution in [2.24, 2.45) is 11.7 Å². The van der Waals surface area contributed by atoms with E-state index in [4.69, 9.17) is 10.2 Å². The van der Waals surface area contributed by atoms with Gasteiger partial charge in [0.15, 0.2) is 0 Å². The first-order valence-electron chi connectivity index (χ1n) is 9.08. The molecule has 144 valence electrons. The average molecular weight is 377 g/mol. The Kier molecular flexibility index (Phi) is 4.69. The fourth-order valence-corrected chi connectivity index (χ4v) is 3.84. The third kappa shape index (κ3) is 3.59. The van der Waals surface area contributed by atoms with E-state index in [1.807, 2.05) is 0 Å². The van der Waals surface area contributed by atoms with E-state index >= 15 is 0 Å². The highest BCUT2D eigenvalue weighted by Gasteiger charge is 2.35. The van der Waals surface area contributed by atoms with Crippen molar-refractivity contribution >= 4 is 5.91 Å². The number of fused-ring (bicyclic) bond motifs is 1. The Hall–Kier alpha value is -2.32. The number of nitrogens with two attached hydrogens (primary N) is 1. The SMILES string of the molecule is N[C@@H]1CC[C@H](C(=O)N2CCc3oc(-c4cc(F)cc(F)c4)nc3C2)C[C@H]1O. The number of benzene rings is 1. The Morgan fingerprint density at radius 2 is 2.00 bits per heavy atom. The molecule has 2 aliphatic rings. The monoisotopic (exact) mass is 377 g/mol. The topological polar surface area (TPSA) is 92.6 Å². The molecular weight excluding hydrogens is 356 g/mol. The molecule has 0 saturated heterocycles. The number of aliphatic hydroxyl groups is 1. The molecule has 1 fully saturated rings. The van der Waals surface area contributed by atoms with Gasteiger partial charge < -0.3 is 20.2 Å². The van der Waals surface area contributed by atoms with Crippen LogP contribution in [0.3, 0.4) is 0 Å². The molecular formula is C19H21F2N3O3. The highest BCUT2D eigenvalue weighted by molar-refractivity contribution is 5.79. The van der Waals surface area contributed by atoms with E-state index in [0.717, 1.165) is 18.2 Å². The van der Waals surface area contributed by atoms with Gasteiger partial charge in [-0.1, -0.05) is 0 Å². The van der Waals surface area contributed by atoms with Gasteiger partial charge in [-0.15, -0.1) is 0 Å². The molecule has 1 saturated carbocycles. The lowest BCUT2D eigenvalue weighted by Crippen LogP contribution is -2.46. The van der Waals surface area contributed by atoms with Crippen molar-refractivity contribution in [3.05, 3.63) is 41.3 Å². The number of nitrogens with zero attached hydrogens (tertiary/aromatic N) is 2. The van der Waals surface area contributed by atoms with Crippen molar-refractivity contribution in [2.75, 3.05) is 6.54 Å². The van der Waals surface area contributed by atoms with Crippen LogP contribution in [0.5, 0.6) is 0 Å². The summed E-state index contributed by atoms with van der Waals surface area (Å²) in [4.78, 5) is 18.8. The maximum Gasteiger partial charge on any atom is 0.226 e. The van der Waals surface area contributed by atoms with Crippen LogP contribution in [0.15, 0.2) is 22.6 Å². The summed E-state index contributed by atoms with van der Waals surface area (Å²) >= 11 is 0. The molecule has 0 unspecified atom stereocenters. The van der Waals surface area contributed by atoms with Gasteiger partial charge in [-0.25, -0.2) is 13.8 Å². The smallest absolute Gasteiger partial charge is 0.226 e. The average Bonchev–Trinajstić information content (AvgIpc) is 3.06. The summed E-state index contributed by atoms with van der Waals surface area (Å²) in [7, 11) is 0. The first-order chi connectivity index (χ1) is 12.9. The molecule has 0 bridgehead atoms. The number of halogens is 2. The molecule has 27 heavy (non-hydrogen) atoms. The minimum absolute atomic E-state index is 0.0204. The summed E-state index contributed by atoms with van der Waals surface area (Å²) in [6, 6.07) is 2.84. The molecule has 1 aliphatic heterocycles. The van der Waals surface area contributed by atoms with Crippen LogP contribution in [-0.4, -0.2) is 39.6 Å². The van der Waals surface area contributed by atoms with Crippen LogP contribution in [0.4, 0.5) is 8.78 Å². The van der Waals surface area contributed by atoms with Crippen molar-refractivity contribution in [3.63, 3.8) is 0 Å². The zero-order valence-corrected chi connectivity index (χ0v) is 14.7. The third-order valence-corrected chi connectivity index (χ3v) is 5.37. The molecule has 3 N–H and O–H groups in total. The minimum Gasteiger partial charge on any atom is -0.441 e. The summed E-state index contributed by atoms with van der Waals surface area (Å²) in [5.74, 6) is -0.895. The summed E-state index contributed by atoms with van der Waals surface area (Å²) in [5.41, 5.74) is 6.64. The maximum atomic E-state index is 13.4. The predicted octanol–water partition coefficient (Wildman–Crippen LogP) is 1.99. The van der Waals surface area contributed by atoms with E-state index in [1.165, 1.54) is 0 Å². The molecule has 1 aromatic carbocycles. The normalized spacial score (nSPS) is 25.3. The predicted molar refractivity (Wildman–Crippen MR) is 92.3 cm³/mol. The van der Waals surface area contributed by atoms with E-state index < -0.39 is 17.7 Å². The lowest BCUT2D eigenvalue weighted by Gasteiger charge is -2.34. The van der Waals surface area contributed by atoms with Crippen LogP contribution in [0.2, 0.25) is 0 Å². The van der Waals surface area contributed by atoms with Crippen LogP contribution in [0, 0.1) is 17.6 Å². The fourth-order valence-electron chi connectivity index (χ4n) is 3.84. The second-order valence-corrected chi connectivity index (χ2v) is 7.30. The Labute approximate surface area is 155 Å². The van der Waals surface area contributed by atoms with Crippen molar-refractivity contribution in [3.8, 4) is 11.5 Å². The molecule has 4 rings (SSSR count). The second kappa shape index (κ2) is 7.01. The van der Waals surface area contributed by atoms with Gasteiger partial charge in [0.25, 0.3) is 0 Å². The largest absolute Gasteiger partial charge is 0.441 e. The number of carbonyl (C=O) groups is 1. The van der Waals surface area contributed by atoms with Crippen LogP contribution in [0.25, 0.3) is 11.5 Å². The van der Waals surface area contributed by atoms with Crippen molar-refractivity contribution in [1.82, 2.24) is 9.88 Å². The van der Waals surface area contributed by atoms with E-state index in [0.29, 0.717) is 43.7 Å². The molecule has 1 aromatic heterocycles. The van der Waals surface area contributed by atoms with Crippen LogP contribution >= 0.6 is 0 Å². The van der Waals surface area contributed by atoms with Gasteiger partial charge in [-0.05, 0) is 31.4 Å². The quantitative estimate of drug-likeness (QED) is 0.835. The summed E-state index contributed by atoms with van der Waals surface area (Å²) in [5, 5.41) is 9.94. The van der Waals surface area contributed by atoms with Crippen molar-refractivity contribution in [1.29, 1.82) is 0 Å². The van der Waals surface area contributed by atoms with Gasteiger partial charge in [0.05, 0.1) is 12.6 Å². The highest BCUT2D eigenvalue weighted by atomic mass is 19.1. The Balaban J connectivity index is 1.50. The van der Waals surface area contributed by atoms with Crippen molar-refractivity contribution < 1.29 is 23.1 Å². The van der Waals surface area contributed by atoms with Crippen LogP contribution < -0.4 is 5.73 Å². The summed E-state index contributed by atoms with van der Waals surface area (Å²) in [6.45, 7) is 0.769. The fraction of sp³-hybridized carbons (Fsp3) is 0.474. The number of carbonyl (C=O) groups excluding carboxylic acids is 1. The third-order valence-electron chi connectivity index (χ3n) is 5.37. The summed E-state index contributed by atoms with van der Waals surface area (Å²) in [6.07, 6.45) is 1.48. The highest BCUT2D eigenvalue weighted by Crippen LogP contribution is 2.30. The Bertz CT molecular complexity index is 850. The van der Waals surface area contributed by atoms with Gasteiger partial charge in [0.2, 0.25) is 11.8 Å². The lowest BCUT2D eigenvalue weighted by molar-refractivity contribution is -0.139. The van der Waals surface area contributed by atoms with E-state index in [1.54, 1.807) is 4.90 Å². The number of oxazole rings is 1. The van der Waals surface area contributed by atoms with Crippen molar-refractivity contribution in [2.45, 2.75) is 44.4 Å². The van der Waals surface area contributed by atoms with Crippen LogP contribution in [-0.2, 0) is 17.8 Å². The summed E-state index contributed by atoms with van der Waals surface area (Å²) < 4.78 is 32.5. The second-order valence-electron chi connectivity index (χ2n) is 7.30. The molecule has 8 heteroatoms. The number of hydrogen-bond acceptors (Lipinski definition) is 5. The van der Waals surface area contributed by atoms with E-state index in [-0.39, 0.29) is 35.9 Å². The van der Waals surface area contributed by atoms with E-state index in [2.05, 4.69) is 4.98 Å². The molecule has 1 aliphatic carbocycles. The first-order valence-corrected chi connectivity index (χ1v) is 9.08. The molecule has 2 heterocycles. The number of aliphatic hydroxyl groups excluding tert-OH is 1. The molecule has 2 aromatic rings. The van der Waals surface area contributed by atoms with Gasteiger partial charge >= 0.3 is 0 Å². The van der Waals surface area contributed by atoms with Gasteiger partial charge in [-0.2, -0.15) is 0 Å². The molecule has 3 atom stereocenters. The maximum absolute atomic E-state index is 13.4. The molecule has 6 nitrogen and oxygen atoms in total. The standard InChI is InChI=1S/C19H21F2N3O3/c20-12-5-11(6-13(21)8-12)18-23-15-9-24(4-3-17(15)27-18)19(26)10-1-2-14(22)16(25)7-10/h5-6,8,10,14,16,25H,1-4,7,9,22H2/t10-,14+,16+/m0/s1. The lowest BCUT2D eigenvalue weighted by atomic mass is 9.83. The van der Waals surface area contributed by atoms with Gasteiger partial charge in [-0.3, -0.25) is 4.79 Å². The van der Waals surface area contributed by atoms with Crippen LogP contribution in [0.1, 0.15) is 30.7 Å². The minimum atomic E-state index is -0.702. The molecule has 0 radical (unpaired) electrons. The Morgan fingerprint density at radius 3 is 2.70 bits per heavy atom. The number of aromatic nitrogens is 1. The molecule has 1 amide bonds. The van der Waals surface area contributed by atoms with Gasteiger partial charge in [0.1, 0.15) is 23.1 Å². The zero-order chi connectivity index (χ0) is 19.1. The zero-order valence-electron chi connectivity index (χ0n) is 14.7. The number of hydrogen-bond donors (Lipinski definition) is 2.